The van der Waals surface area contributed by atoms with Gasteiger partial charge in [-0.05, 0) is 47.9 Å². The molecular weight excluding hydrogens is 250 g/mol. The number of nitrogens with one attached hydrogen (secondary N) is 1. The van der Waals surface area contributed by atoms with Gasteiger partial charge in [0.1, 0.15) is 6.33 Å². The predicted molar refractivity (Wildman–Crippen MR) is 81.1 cm³/mol. The van der Waals surface area contributed by atoms with Gasteiger partial charge in [0.15, 0.2) is 0 Å². The summed E-state index contributed by atoms with van der Waals surface area (Å²) >= 11 is 0. The van der Waals surface area contributed by atoms with E-state index in [1.54, 1.807) is 11.0 Å². The number of hydrogen-bond donors (Lipinski definition) is 1. The van der Waals surface area contributed by atoms with Gasteiger partial charge in [-0.3, -0.25) is 0 Å². The minimum atomic E-state index is 0.537. The van der Waals surface area contributed by atoms with Crippen molar-refractivity contribution in [3.63, 3.8) is 0 Å². The fraction of sp³-hybridized carbons (Fsp3) is 0.533. The lowest BCUT2D eigenvalue weighted by atomic mass is 10.1. The summed E-state index contributed by atoms with van der Waals surface area (Å²) < 4.78 is 1.70. The molecule has 20 heavy (non-hydrogen) atoms. The van der Waals surface area contributed by atoms with Crippen LogP contribution in [0, 0.1) is 6.92 Å². The summed E-state index contributed by atoms with van der Waals surface area (Å²) in [6, 6.07) is 6.88. The first-order valence-corrected chi connectivity index (χ1v) is 7.35. The van der Waals surface area contributed by atoms with Gasteiger partial charge in [-0.1, -0.05) is 32.8 Å². The molecular formula is C15H23N5. The van der Waals surface area contributed by atoms with Crippen LogP contribution in [0.5, 0.6) is 0 Å². The van der Waals surface area contributed by atoms with E-state index in [9.17, 15) is 0 Å². The molecule has 1 aromatic heterocycles. The molecule has 2 aromatic rings. The van der Waals surface area contributed by atoms with Crippen LogP contribution in [-0.4, -0.2) is 26.2 Å². The molecule has 0 fully saturated rings. The van der Waals surface area contributed by atoms with Gasteiger partial charge in [0.05, 0.1) is 5.69 Å². The molecule has 0 spiro atoms. The Morgan fingerprint density at radius 2 is 1.95 bits per heavy atom. The summed E-state index contributed by atoms with van der Waals surface area (Å²) in [4.78, 5) is 0. The van der Waals surface area contributed by atoms with Gasteiger partial charge in [-0.2, -0.15) is 0 Å². The van der Waals surface area contributed by atoms with E-state index in [4.69, 9.17) is 0 Å². The monoisotopic (exact) mass is 273 g/mol. The largest absolute Gasteiger partial charge is 0.382 e. The number of aromatic nitrogens is 4. The molecule has 0 unspecified atom stereocenters. The number of nitrogens with zero attached hydrogens (tertiary/aromatic N) is 4. The molecule has 1 N–H and O–H groups in total. The maximum Gasteiger partial charge on any atom is 0.143 e. The van der Waals surface area contributed by atoms with Crippen LogP contribution in [0.2, 0.25) is 0 Å². The van der Waals surface area contributed by atoms with Crippen LogP contribution in [0.4, 0.5) is 5.69 Å². The highest BCUT2D eigenvalue weighted by molar-refractivity contribution is 5.54. The Morgan fingerprint density at radius 1 is 1.20 bits per heavy atom. The Kier molecular flexibility index (Phi) is 5.09. The van der Waals surface area contributed by atoms with E-state index in [0.29, 0.717) is 6.04 Å². The topological polar surface area (TPSA) is 55.6 Å². The number of aryl methyl sites for hydroxylation is 1. The van der Waals surface area contributed by atoms with E-state index >= 15 is 0 Å². The van der Waals surface area contributed by atoms with Gasteiger partial charge in [0.2, 0.25) is 0 Å². The van der Waals surface area contributed by atoms with Crippen LogP contribution in [0.1, 0.15) is 45.1 Å². The summed E-state index contributed by atoms with van der Waals surface area (Å²) in [6.45, 7) is 6.52. The zero-order valence-corrected chi connectivity index (χ0v) is 12.5. The lowest BCUT2D eigenvalue weighted by Crippen LogP contribution is -2.19. The highest BCUT2D eigenvalue weighted by atomic mass is 15.5. The second-order valence-electron chi connectivity index (χ2n) is 5.17. The molecule has 5 nitrogen and oxygen atoms in total. The van der Waals surface area contributed by atoms with E-state index in [1.165, 1.54) is 25.7 Å². The van der Waals surface area contributed by atoms with Crippen molar-refractivity contribution >= 4 is 5.69 Å². The van der Waals surface area contributed by atoms with Crippen molar-refractivity contribution in [3.8, 4) is 5.69 Å². The molecule has 0 bridgehead atoms. The summed E-state index contributed by atoms with van der Waals surface area (Å²) in [7, 11) is 0. The lowest BCUT2D eigenvalue weighted by molar-refractivity contribution is 0.586. The normalized spacial score (nSPS) is 11.0. The van der Waals surface area contributed by atoms with Gasteiger partial charge in [-0.25, -0.2) is 4.68 Å². The molecule has 0 atom stereocenters. The van der Waals surface area contributed by atoms with Gasteiger partial charge < -0.3 is 5.32 Å². The molecule has 5 heteroatoms. The smallest absolute Gasteiger partial charge is 0.143 e. The summed E-state index contributed by atoms with van der Waals surface area (Å²) in [5, 5.41) is 15.0. The molecule has 0 saturated heterocycles. The summed E-state index contributed by atoms with van der Waals surface area (Å²) in [5.41, 5.74) is 3.31. The van der Waals surface area contributed by atoms with Crippen LogP contribution < -0.4 is 5.32 Å². The molecule has 0 aliphatic heterocycles. The van der Waals surface area contributed by atoms with E-state index < -0.39 is 0 Å². The van der Waals surface area contributed by atoms with Gasteiger partial charge in [0.25, 0.3) is 0 Å². The number of rotatable bonds is 7. The second-order valence-corrected chi connectivity index (χ2v) is 5.17. The molecule has 0 amide bonds. The lowest BCUT2D eigenvalue weighted by Gasteiger charge is -2.19. The Labute approximate surface area is 120 Å². The van der Waals surface area contributed by atoms with Crippen molar-refractivity contribution < 1.29 is 0 Å². The van der Waals surface area contributed by atoms with Gasteiger partial charge in [0, 0.05) is 11.7 Å². The van der Waals surface area contributed by atoms with Crippen LogP contribution in [-0.2, 0) is 0 Å². The average molecular weight is 273 g/mol. The maximum absolute atomic E-state index is 3.97. The molecule has 0 saturated carbocycles. The molecule has 0 aliphatic rings. The molecule has 0 aliphatic carbocycles. The minimum Gasteiger partial charge on any atom is -0.382 e. The molecule has 1 heterocycles. The molecule has 2 rings (SSSR count). The van der Waals surface area contributed by atoms with E-state index in [1.807, 2.05) is 0 Å². The minimum absolute atomic E-state index is 0.537. The second kappa shape index (κ2) is 7.03. The molecule has 1 aromatic carbocycles. The van der Waals surface area contributed by atoms with Crippen molar-refractivity contribution in [2.24, 2.45) is 0 Å². The van der Waals surface area contributed by atoms with E-state index in [2.05, 4.69) is 59.8 Å². The van der Waals surface area contributed by atoms with Crippen molar-refractivity contribution in [1.29, 1.82) is 0 Å². The zero-order chi connectivity index (χ0) is 14.4. The fourth-order valence-corrected chi connectivity index (χ4v) is 2.44. The fourth-order valence-electron chi connectivity index (χ4n) is 2.44. The van der Waals surface area contributed by atoms with Crippen molar-refractivity contribution in [3.05, 3.63) is 30.1 Å². The highest BCUT2D eigenvalue weighted by Gasteiger charge is 2.09. The first kappa shape index (κ1) is 14.5. The van der Waals surface area contributed by atoms with Crippen LogP contribution in [0.15, 0.2) is 24.5 Å². The quantitative estimate of drug-likeness (QED) is 0.840. The highest BCUT2D eigenvalue weighted by Crippen LogP contribution is 2.20. The Morgan fingerprint density at radius 3 is 2.55 bits per heavy atom. The number of hydrogen-bond acceptors (Lipinski definition) is 4. The van der Waals surface area contributed by atoms with Crippen molar-refractivity contribution in [1.82, 2.24) is 20.2 Å². The van der Waals surface area contributed by atoms with Gasteiger partial charge >= 0.3 is 0 Å². The average Bonchev–Trinajstić information content (AvgIpc) is 2.95. The summed E-state index contributed by atoms with van der Waals surface area (Å²) in [6.07, 6.45) is 6.41. The molecule has 108 valence electrons. The summed E-state index contributed by atoms with van der Waals surface area (Å²) in [5.74, 6) is 0. The van der Waals surface area contributed by atoms with Crippen molar-refractivity contribution in [2.75, 3.05) is 5.32 Å². The van der Waals surface area contributed by atoms with Gasteiger partial charge in [-0.15, -0.1) is 5.10 Å². The molecule has 0 radical (unpaired) electrons. The maximum atomic E-state index is 3.97. The van der Waals surface area contributed by atoms with Crippen LogP contribution >= 0.6 is 0 Å². The zero-order valence-electron chi connectivity index (χ0n) is 12.5. The third-order valence-electron chi connectivity index (χ3n) is 3.45. The van der Waals surface area contributed by atoms with Crippen molar-refractivity contribution in [2.45, 2.75) is 52.5 Å². The predicted octanol–water partition coefficient (Wildman–Crippen LogP) is 3.35. The van der Waals surface area contributed by atoms with Crippen LogP contribution in [0.3, 0.4) is 0 Å². The number of tetrazole rings is 1. The Balaban J connectivity index is 2.18. The number of benzene rings is 1. The Hall–Kier alpha value is -1.91. The van der Waals surface area contributed by atoms with Crippen LogP contribution in [0.25, 0.3) is 5.69 Å². The van der Waals surface area contributed by atoms with E-state index in [-0.39, 0.29) is 0 Å². The number of anilines is 1. The first-order chi connectivity index (χ1) is 9.74. The standard InChI is InChI=1S/C15H23N5/c1-4-6-13(7-5-2)17-14-9-8-12(3)15(10-14)20-11-16-18-19-20/h8-11,13,17H,4-7H2,1-3H3. The Bertz CT molecular complexity index is 515. The first-order valence-electron chi connectivity index (χ1n) is 7.35. The third kappa shape index (κ3) is 3.56. The van der Waals surface area contributed by atoms with E-state index in [0.717, 1.165) is 16.9 Å². The third-order valence-corrected chi connectivity index (χ3v) is 3.45. The SMILES string of the molecule is CCCC(CCC)Nc1ccc(C)c(-n2cnnn2)c1.